The minimum atomic E-state index is -0.00868. The third-order valence-corrected chi connectivity index (χ3v) is 5.33. The van der Waals surface area contributed by atoms with E-state index in [1.54, 1.807) is 0 Å². The average molecular weight is 339 g/mol. The molecule has 0 unspecified atom stereocenters. The Morgan fingerprint density at radius 1 is 1.16 bits per heavy atom. The maximum absolute atomic E-state index is 12.3. The van der Waals surface area contributed by atoms with Crippen molar-refractivity contribution in [2.45, 2.75) is 44.2 Å². The number of rotatable bonds is 4. The van der Waals surface area contributed by atoms with Crippen molar-refractivity contribution in [2.24, 2.45) is 0 Å². The Morgan fingerprint density at radius 2 is 1.96 bits per heavy atom. The summed E-state index contributed by atoms with van der Waals surface area (Å²) in [6.45, 7) is 2.56. The molecule has 1 saturated heterocycles. The number of H-pyrrole nitrogens is 1. The summed E-state index contributed by atoms with van der Waals surface area (Å²) in [7, 11) is 0. The third-order valence-electron chi connectivity index (χ3n) is 5.33. The molecule has 25 heavy (non-hydrogen) atoms. The molecule has 0 spiro atoms. The molecule has 130 valence electrons. The summed E-state index contributed by atoms with van der Waals surface area (Å²) < 4.78 is 7.30. The lowest BCUT2D eigenvalue weighted by atomic mass is 10.0. The summed E-state index contributed by atoms with van der Waals surface area (Å²) in [5, 5.41) is 4.08. The van der Waals surface area contributed by atoms with Crippen LogP contribution >= 0.6 is 0 Å². The fraction of sp³-hybridized carbons (Fsp3) is 0.500. The number of nitrogens with one attached hydrogen (secondary N) is 1. The van der Waals surface area contributed by atoms with Gasteiger partial charge in [-0.15, -0.1) is 0 Å². The van der Waals surface area contributed by atoms with Crippen LogP contribution in [0, 0.1) is 0 Å². The molecule has 1 aromatic carbocycles. The highest BCUT2D eigenvalue weighted by Crippen LogP contribution is 2.38. The van der Waals surface area contributed by atoms with Gasteiger partial charge in [0.2, 0.25) is 5.89 Å². The largest absolute Gasteiger partial charge is 0.338 e. The Balaban J connectivity index is 1.27. The highest BCUT2D eigenvalue weighted by molar-refractivity contribution is 5.75. The maximum Gasteiger partial charge on any atom is 0.326 e. The van der Waals surface area contributed by atoms with Crippen molar-refractivity contribution in [3.8, 4) is 0 Å². The summed E-state index contributed by atoms with van der Waals surface area (Å²) in [6, 6.07) is 8.14. The van der Waals surface area contributed by atoms with Gasteiger partial charge in [0.1, 0.15) is 0 Å². The van der Waals surface area contributed by atoms with Crippen molar-refractivity contribution >= 4 is 11.0 Å². The molecule has 5 rings (SSSR count). The van der Waals surface area contributed by atoms with Crippen molar-refractivity contribution in [1.82, 2.24) is 24.6 Å². The number of hydrogen-bond acceptors (Lipinski definition) is 5. The van der Waals surface area contributed by atoms with Crippen molar-refractivity contribution < 1.29 is 4.52 Å². The van der Waals surface area contributed by atoms with E-state index in [1.165, 1.54) is 12.8 Å². The second kappa shape index (κ2) is 5.84. The maximum atomic E-state index is 12.3. The molecule has 0 amide bonds. The van der Waals surface area contributed by atoms with Gasteiger partial charge in [-0.3, -0.25) is 9.47 Å². The third kappa shape index (κ3) is 2.78. The zero-order valence-electron chi connectivity index (χ0n) is 14.0. The molecule has 3 heterocycles. The van der Waals surface area contributed by atoms with Crippen molar-refractivity contribution in [3.63, 3.8) is 0 Å². The molecule has 2 aromatic heterocycles. The number of likely N-dealkylation sites (tertiary alicyclic amines) is 1. The Hall–Kier alpha value is -2.41. The highest BCUT2D eigenvalue weighted by Gasteiger charge is 2.29. The quantitative estimate of drug-likeness (QED) is 0.790. The van der Waals surface area contributed by atoms with E-state index in [9.17, 15) is 4.79 Å². The van der Waals surface area contributed by atoms with Crippen molar-refractivity contribution in [1.29, 1.82) is 0 Å². The fourth-order valence-corrected chi connectivity index (χ4v) is 3.80. The van der Waals surface area contributed by atoms with Crippen LogP contribution in [-0.4, -0.2) is 37.7 Å². The molecule has 0 radical (unpaired) electrons. The topological polar surface area (TPSA) is 80.0 Å². The first-order chi connectivity index (χ1) is 12.3. The first-order valence-corrected chi connectivity index (χ1v) is 9.02. The van der Waals surface area contributed by atoms with E-state index < -0.39 is 0 Å². The summed E-state index contributed by atoms with van der Waals surface area (Å²) in [6.07, 6.45) is 4.27. The number of aromatic amines is 1. The van der Waals surface area contributed by atoms with Gasteiger partial charge in [0.05, 0.1) is 17.6 Å². The van der Waals surface area contributed by atoms with Gasteiger partial charge in [-0.25, -0.2) is 4.79 Å². The lowest BCUT2D eigenvalue weighted by Crippen LogP contribution is -2.36. The molecule has 7 heteroatoms. The zero-order chi connectivity index (χ0) is 16.8. The Kier molecular flexibility index (Phi) is 3.48. The van der Waals surface area contributed by atoms with E-state index in [0.717, 1.165) is 42.8 Å². The van der Waals surface area contributed by atoms with E-state index in [4.69, 9.17) is 4.52 Å². The number of imidazole rings is 1. The number of piperidine rings is 1. The Bertz CT molecular complexity index is 944. The second-order valence-corrected chi connectivity index (χ2v) is 7.15. The monoisotopic (exact) mass is 339 g/mol. The van der Waals surface area contributed by atoms with Gasteiger partial charge < -0.3 is 9.51 Å². The Labute approximate surface area is 144 Å². The van der Waals surface area contributed by atoms with Crippen LogP contribution in [0.15, 0.2) is 33.6 Å². The standard InChI is InChI=1S/C18H21N5O2/c24-18-19-14-3-1-2-4-15(14)23(18)13-7-9-22(10-8-13)11-16-20-17(21-25-16)12-5-6-12/h1-4,12-13H,5-11H2,(H,19,24). The van der Waals surface area contributed by atoms with Gasteiger partial charge >= 0.3 is 5.69 Å². The van der Waals surface area contributed by atoms with Crippen LogP contribution in [-0.2, 0) is 6.54 Å². The summed E-state index contributed by atoms with van der Waals surface area (Å²) in [5.74, 6) is 2.11. The number of nitrogens with zero attached hydrogens (tertiary/aromatic N) is 4. The van der Waals surface area contributed by atoms with Crippen LogP contribution in [0.2, 0.25) is 0 Å². The normalized spacial score (nSPS) is 19.7. The van der Waals surface area contributed by atoms with E-state index in [0.29, 0.717) is 18.4 Å². The minimum absolute atomic E-state index is 0.00868. The van der Waals surface area contributed by atoms with E-state index in [1.807, 2.05) is 28.8 Å². The lowest BCUT2D eigenvalue weighted by Gasteiger charge is -2.31. The molecule has 0 atom stereocenters. The molecule has 2 aliphatic rings. The van der Waals surface area contributed by atoms with Gasteiger partial charge in [0.25, 0.3) is 0 Å². The molecule has 7 nitrogen and oxygen atoms in total. The first kappa shape index (κ1) is 14.9. The van der Waals surface area contributed by atoms with Crippen LogP contribution in [0.4, 0.5) is 0 Å². The summed E-state index contributed by atoms with van der Waals surface area (Å²) in [5.41, 5.74) is 1.90. The SMILES string of the molecule is O=c1[nH]c2ccccc2n1C1CCN(Cc2nc(C3CC3)no2)CC1. The minimum Gasteiger partial charge on any atom is -0.338 e. The number of aromatic nitrogens is 4. The number of para-hydroxylation sites is 2. The smallest absolute Gasteiger partial charge is 0.326 e. The van der Waals surface area contributed by atoms with Gasteiger partial charge in [-0.2, -0.15) is 4.98 Å². The molecule has 1 aliphatic heterocycles. The van der Waals surface area contributed by atoms with Crippen LogP contribution in [0.3, 0.4) is 0 Å². The van der Waals surface area contributed by atoms with Crippen LogP contribution in [0.1, 0.15) is 49.4 Å². The summed E-state index contributed by atoms with van der Waals surface area (Å²) in [4.78, 5) is 22.1. The molecule has 2 fully saturated rings. The number of benzene rings is 1. The zero-order valence-corrected chi connectivity index (χ0v) is 14.0. The van der Waals surface area contributed by atoms with E-state index in [2.05, 4.69) is 20.0 Å². The molecule has 1 aliphatic carbocycles. The number of fused-ring (bicyclic) bond motifs is 1. The molecule has 1 saturated carbocycles. The Morgan fingerprint density at radius 3 is 2.76 bits per heavy atom. The van der Waals surface area contributed by atoms with Crippen molar-refractivity contribution in [3.05, 3.63) is 46.5 Å². The molecule has 0 bridgehead atoms. The molecule has 1 N–H and O–H groups in total. The van der Waals surface area contributed by atoms with E-state index in [-0.39, 0.29) is 11.7 Å². The van der Waals surface area contributed by atoms with Crippen LogP contribution in [0.25, 0.3) is 11.0 Å². The first-order valence-electron chi connectivity index (χ1n) is 9.02. The van der Waals surface area contributed by atoms with Gasteiger partial charge in [0, 0.05) is 25.0 Å². The van der Waals surface area contributed by atoms with E-state index >= 15 is 0 Å². The second-order valence-electron chi connectivity index (χ2n) is 7.15. The summed E-state index contributed by atoms with van der Waals surface area (Å²) >= 11 is 0. The number of hydrogen-bond donors (Lipinski definition) is 1. The average Bonchev–Trinajstić information content (AvgIpc) is 3.28. The molecule has 3 aromatic rings. The molecular formula is C18H21N5O2. The predicted octanol–water partition coefficient (Wildman–Crippen LogP) is 2.43. The van der Waals surface area contributed by atoms with Crippen LogP contribution < -0.4 is 5.69 Å². The van der Waals surface area contributed by atoms with Crippen LogP contribution in [0.5, 0.6) is 0 Å². The van der Waals surface area contributed by atoms with Crippen molar-refractivity contribution in [2.75, 3.05) is 13.1 Å². The van der Waals surface area contributed by atoms with Gasteiger partial charge in [-0.1, -0.05) is 17.3 Å². The van der Waals surface area contributed by atoms with Gasteiger partial charge in [0.15, 0.2) is 5.82 Å². The molecular weight excluding hydrogens is 318 g/mol. The van der Waals surface area contributed by atoms with Gasteiger partial charge in [-0.05, 0) is 37.8 Å². The highest BCUT2D eigenvalue weighted by atomic mass is 16.5. The fourth-order valence-electron chi connectivity index (χ4n) is 3.80. The lowest BCUT2D eigenvalue weighted by molar-refractivity contribution is 0.161. The predicted molar refractivity (Wildman–Crippen MR) is 92.4 cm³/mol.